The van der Waals surface area contributed by atoms with Crippen molar-refractivity contribution >= 4 is 12.4 Å². The molecule has 0 saturated carbocycles. The Morgan fingerprint density at radius 1 is 1.31 bits per heavy atom. The van der Waals surface area contributed by atoms with Crippen LogP contribution in [0.15, 0.2) is 18.2 Å². The second-order valence-corrected chi connectivity index (χ2v) is 4.26. The standard InChI is InChI=1S/C12H18FNO.ClH/c1-7(2)12(15)11(14)10-6-9(13)5-4-8(10)3;/h4-7,11-12,15H,14H2,1-3H3;1H/t11-,12+;/m0./s1. The van der Waals surface area contributed by atoms with E-state index < -0.39 is 12.1 Å². The summed E-state index contributed by atoms with van der Waals surface area (Å²) in [5.74, 6) is -0.260. The van der Waals surface area contributed by atoms with Crippen molar-refractivity contribution in [2.24, 2.45) is 11.7 Å². The number of halogens is 2. The fourth-order valence-corrected chi connectivity index (χ4v) is 1.57. The Labute approximate surface area is 102 Å². The van der Waals surface area contributed by atoms with Crippen LogP contribution in [0.1, 0.15) is 31.0 Å². The molecule has 0 unspecified atom stereocenters. The number of rotatable bonds is 3. The van der Waals surface area contributed by atoms with Gasteiger partial charge in [0.1, 0.15) is 5.82 Å². The number of nitrogens with two attached hydrogens (primary N) is 1. The lowest BCUT2D eigenvalue weighted by Crippen LogP contribution is -2.31. The molecule has 0 heterocycles. The first kappa shape index (κ1) is 15.4. The molecule has 2 atom stereocenters. The van der Waals surface area contributed by atoms with Crippen molar-refractivity contribution in [3.05, 3.63) is 35.1 Å². The largest absolute Gasteiger partial charge is 0.391 e. The number of hydrogen-bond acceptors (Lipinski definition) is 2. The van der Waals surface area contributed by atoms with Crippen LogP contribution in [0.25, 0.3) is 0 Å². The summed E-state index contributed by atoms with van der Waals surface area (Å²) < 4.78 is 13.0. The van der Waals surface area contributed by atoms with Gasteiger partial charge >= 0.3 is 0 Å². The van der Waals surface area contributed by atoms with Gasteiger partial charge in [-0.1, -0.05) is 19.9 Å². The molecule has 0 amide bonds. The van der Waals surface area contributed by atoms with Gasteiger partial charge in [0.15, 0.2) is 0 Å². The lowest BCUT2D eigenvalue weighted by molar-refractivity contribution is 0.0976. The van der Waals surface area contributed by atoms with Gasteiger partial charge in [0.05, 0.1) is 12.1 Å². The van der Waals surface area contributed by atoms with Crippen LogP contribution < -0.4 is 5.73 Å². The molecule has 3 N–H and O–H groups in total. The third-order valence-electron chi connectivity index (χ3n) is 2.65. The molecule has 0 aromatic heterocycles. The molecule has 0 spiro atoms. The van der Waals surface area contributed by atoms with E-state index in [0.29, 0.717) is 5.56 Å². The second kappa shape index (κ2) is 6.18. The van der Waals surface area contributed by atoms with E-state index in [1.165, 1.54) is 12.1 Å². The van der Waals surface area contributed by atoms with Gasteiger partial charge in [-0.05, 0) is 36.1 Å². The first-order valence-corrected chi connectivity index (χ1v) is 5.13. The molecule has 4 heteroatoms. The molecule has 0 aliphatic rings. The Kier molecular flexibility index (Phi) is 5.94. The van der Waals surface area contributed by atoms with Crippen molar-refractivity contribution in [2.45, 2.75) is 32.9 Å². The zero-order chi connectivity index (χ0) is 11.6. The molecule has 0 bridgehead atoms. The number of benzene rings is 1. The number of aliphatic hydroxyl groups excluding tert-OH is 1. The van der Waals surface area contributed by atoms with E-state index >= 15 is 0 Å². The fraction of sp³-hybridized carbons (Fsp3) is 0.500. The maximum absolute atomic E-state index is 13.0. The van der Waals surface area contributed by atoms with Gasteiger partial charge in [-0.15, -0.1) is 12.4 Å². The number of aliphatic hydroxyl groups is 1. The molecule has 92 valence electrons. The summed E-state index contributed by atoms with van der Waals surface area (Å²) >= 11 is 0. The Morgan fingerprint density at radius 3 is 2.38 bits per heavy atom. The average Bonchev–Trinajstić information content (AvgIpc) is 2.19. The summed E-state index contributed by atoms with van der Waals surface area (Å²) in [4.78, 5) is 0. The summed E-state index contributed by atoms with van der Waals surface area (Å²) in [6.07, 6.45) is -0.648. The van der Waals surface area contributed by atoms with Gasteiger partial charge in [0.25, 0.3) is 0 Å². The minimum atomic E-state index is -0.648. The normalized spacial score (nSPS) is 14.4. The van der Waals surface area contributed by atoms with Crippen molar-refractivity contribution in [3.8, 4) is 0 Å². The van der Waals surface area contributed by atoms with Crippen molar-refractivity contribution in [1.82, 2.24) is 0 Å². The molecular formula is C12H19ClFNO. The molecule has 0 radical (unpaired) electrons. The lowest BCUT2D eigenvalue weighted by Gasteiger charge is -2.23. The Hall–Kier alpha value is -0.640. The summed E-state index contributed by atoms with van der Waals surface area (Å²) in [5.41, 5.74) is 7.48. The highest BCUT2D eigenvalue weighted by Gasteiger charge is 2.21. The molecular weight excluding hydrogens is 229 g/mol. The van der Waals surface area contributed by atoms with Gasteiger partial charge < -0.3 is 10.8 Å². The van der Waals surface area contributed by atoms with E-state index in [9.17, 15) is 9.50 Å². The van der Waals surface area contributed by atoms with Gasteiger partial charge in [-0.3, -0.25) is 0 Å². The molecule has 2 nitrogen and oxygen atoms in total. The van der Waals surface area contributed by atoms with Crippen molar-refractivity contribution in [3.63, 3.8) is 0 Å². The van der Waals surface area contributed by atoms with Gasteiger partial charge in [0, 0.05) is 0 Å². The van der Waals surface area contributed by atoms with Crippen LogP contribution in [0.5, 0.6) is 0 Å². The van der Waals surface area contributed by atoms with Crippen LogP contribution in [0.3, 0.4) is 0 Å². The molecule has 1 aromatic carbocycles. The zero-order valence-electron chi connectivity index (χ0n) is 9.77. The van der Waals surface area contributed by atoms with Crippen LogP contribution in [0.4, 0.5) is 4.39 Å². The predicted octanol–water partition coefficient (Wildman–Crippen LogP) is 2.57. The predicted molar refractivity (Wildman–Crippen MR) is 66.2 cm³/mol. The lowest BCUT2D eigenvalue weighted by atomic mass is 9.92. The minimum absolute atomic E-state index is 0. The maximum Gasteiger partial charge on any atom is 0.123 e. The molecule has 0 aliphatic heterocycles. The quantitative estimate of drug-likeness (QED) is 0.863. The van der Waals surface area contributed by atoms with Crippen molar-refractivity contribution in [1.29, 1.82) is 0 Å². The van der Waals surface area contributed by atoms with Crippen LogP contribution in [-0.2, 0) is 0 Å². The van der Waals surface area contributed by atoms with Gasteiger partial charge in [-0.2, -0.15) is 0 Å². The molecule has 16 heavy (non-hydrogen) atoms. The third kappa shape index (κ3) is 3.44. The SMILES string of the molecule is Cc1ccc(F)cc1[C@H](N)[C@H](O)C(C)C.Cl. The molecule has 1 aromatic rings. The van der Waals surface area contributed by atoms with E-state index in [1.54, 1.807) is 6.07 Å². The van der Waals surface area contributed by atoms with Gasteiger partial charge in [0.2, 0.25) is 0 Å². The van der Waals surface area contributed by atoms with Crippen LogP contribution >= 0.6 is 12.4 Å². The first-order valence-electron chi connectivity index (χ1n) is 5.13. The molecule has 0 saturated heterocycles. The Balaban J connectivity index is 0.00000225. The summed E-state index contributed by atoms with van der Waals surface area (Å²) in [5, 5.41) is 9.82. The maximum atomic E-state index is 13.0. The van der Waals surface area contributed by atoms with Gasteiger partial charge in [-0.25, -0.2) is 4.39 Å². The molecule has 1 rings (SSSR count). The first-order chi connectivity index (χ1) is 6.93. The molecule has 0 aliphatic carbocycles. The zero-order valence-corrected chi connectivity index (χ0v) is 10.6. The topological polar surface area (TPSA) is 46.2 Å². The fourth-order valence-electron chi connectivity index (χ4n) is 1.57. The van der Waals surface area contributed by atoms with E-state index in [-0.39, 0.29) is 24.1 Å². The number of aryl methyl sites for hydroxylation is 1. The van der Waals surface area contributed by atoms with E-state index in [2.05, 4.69) is 0 Å². The highest BCUT2D eigenvalue weighted by Crippen LogP contribution is 2.23. The van der Waals surface area contributed by atoms with Crippen LogP contribution in [0, 0.1) is 18.7 Å². The molecule has 0 fully saturated rings. The second-order valence-electron chi connectivity index (χ2n) is 4.26. The smallest absolute Gasteiger partial charge is 0.123 e. The Bertz CT molecular complexity index is 344. The highest BCUT2D eigenvalue weighted by atomic mass is 35.5. The monoisotopic (exact) mass is 247 g/mol. The summed E-state index contributed by atoms with van der Waals surface area (Å²) in [7, 11) is 0. The number of hydrogen-bond donors (Lipinski definition) is 2. The summed E-state index contributed by atoms with van der Waals surface area (Å²) in [6.45, 7) is 5.64. The van der Waals surface area contributed by atoms with Crippen molar-refractivity contribution < 1.29 is 9.50 Å². The minimum Gasteiger partial charge on any atom is -0.391 e. The highest BCUT2D eigenvalue weighted by molar-refractivity contribution is 5.85. The van der Waals surface area contributed by atoms with Crippen molar-refractivity contribution in [2.75, 3.05) is 0 Å². The van der Waals surface area contributed by atoms with E-state index in [1.807, 2.05) is 20.8 Å². The van der Waals surface area contributed by atoms with Crippen LogP contribution in [-0.4, -0.2) is 11.2 Å². The Morgan fingerprint density at radius 2 is 1.88 bits per heavy atom. The summed E-state index contributed by atoms with van der Waals surface area (Å²) in [6, 6.07) is 3.94. The average molecular weight is 248 g/mol. The van der Waals surface area contributed by atoms with Crippen LogP contribution in [0.2, 0.25) is 0 Å². The van der Waals surface area contributed by atoms with E-state index in [4.69, 9.17) is 5.73 Å². The third-order valence-corrected chi connectivity index (χ3v) is 2.65. The van der Waals surface area contributed by atoms with E-state index in [0.717, 1.165) is 5.56 Å².